The predicted octanol–water partition coefficient (Wildman–Crippen LogP) is 1.10. The topological polar surface area (TPSA) is 87.4 Å². The van der Waals surface area contributed by atoms with Crippen molar-refractivity contribution in [1.29, 1.82) is 0 Å². The predicted molar refractivity (Wildman–Crippen MR) is 97.5 cm³/mol. The van der Waals surface area contributed by atoms with Crippen molar-refractivity contribution in [2.75, 3.05) is 31.6 Å². The van der Waals surface area contributed by atoms with Crippen LogP contribution in [0.25, 0.3) is 0 Å². The number of aliphatic hydroxyl groups excluding tert-OH is 1. The number of carbonyl (C=O) groups excluding carboxylic acids is 1. The number of piperidine rings is 1. The smallest absolute Gasteiger partial charge is 0.244 e. The Labute approximate surface area is 153 Å². The zero-order valence-corrected chi connectivity index (χ0v) is 15.3. The molecule has 140 valence electrons. The molecule has 1 fully saturated rings. The van der Waals surface area contributed by atoms with Crippen LogP contribution in [0.5, 0.6) is 0 Å². The summed E-state index contributed by atoms with van der Waals surface area (Å²) in [6, 6.07) is 4.07. The van der Waals surface area contributed by atoms with Crippen LogP contribution >= 0.6 is 0 Å². The van der Waals surface area contributed by atoms with Crippen molar-refractivity contribution >= 4 is 11.6 Å². The molecule has 8 heteroatoms. The minimum absolute atomic E-state index is 0.00334. The van der Waals surface area contributed by atoms with Crippen LogP contribution in [0.1, 0.15) is 31.6 Å². The number of amides is 1. The number of nitrogens with zero attached hydrogens (tertiary/aromatic N) is 6. The van der Waals surface area contributed by atoms with Crippen molar-refractivity contribution in [3.05, 3.63) is 36.4 Å². The van der Waals surface area contributed by atoms with Crippen LogP contribution in [0.15, 0.2) is 30.7 Å². The summed E-state index contributed by atoms with van der Waals surface area (Å²) in [4.78, 5) is 20.6. The van der Waals surface area contributed by atoms with E-state index in [1.54, 1.807) is 18.0 Å². The van der Waals surface area contributed by atoms with Crippen molar-refractivity contribution < 1.29 is 9.90 Å². The first-order chi connectivity index (χ1) is 12.5. The third-order valence-electron chi connectivity index (χ3n) is 4.88. The van der Waals surface area contributed by atoms with Crippen molar-refractivity contribution in [2.45, 2.75) is 32.4 Å². The zero-order valence-electron chi connectivity index (χ0n) is 15.3. The standard InChI is InChI=1S/C18H26N6O2/c1-14(25)17-12-24(21-20-17)13-18(26)22(2)11-15-5-9-23(10-6-15)16-3-7-19-8-4-16/h3-4,7-8,12,14-15,25H,5-6,9-11,13H2,1-2H3. The molecule has 3 rings (SSSR count). The van der Waals surface area contributed by atoms with E-state index in [1.165, 1.54) is 10.4 Å². The van der Waals surface area contributed by atoms with E-state index in [0.717, 1.165) is 32.5 Å². The highest BCUT2D eigenvalue weighted by atomic mass is 16.3. The molecule has 1 aliphatic heterocycles. The molecule has 26 heavy (non-hydrogen) atoms. The van der Waals surface area contributed by atoms with E-state index in [2.05, 4.69) is 20.2 Å². The Hall–Kier alpha value is -2.48. The third-order valence-corrected chi connectivity index (χ3v) is 4.88. The molecule has 1 amide bonds. The van der Waals surface area contributed by atoms with E-state index >= 15 is 0 Å². The van der Waals surface area contributed by atoms with Gasteiger partial charge in [0, 0.05) is 44.8 Å². The molecular formula is C18H26N6O2. The molecule has 1 aliphatic rings. The molecule has 2 aromatic rings. The van der Waals surface area contributed by atoms with Gasteiger partial charge in [0.25, 0.3) is 0 Å². The lowest BCUT2D eigenvalue weighted by Gasteiger charge is -2.35. The number of likely N-dealkylation sites (N-methyl/N-ethyl adjacent to an activating group) is 1. The van der Waals surface area contributed by atoms with E-state index in [4.69, 9.17) is 0 Å². The second kappa shape index (κ2) is 8.27. The molecule has 1 unspecified atom stereocenters. The molecule has 1 atom stereocenters. The average molecular weight is 358 g/mol. The fourth-order valence-corrected chi connectivity index (χ4v) is 3.26. The van der Waals surface area contributed by atoms with Gasteiger partial charge in [0.05, 0.1) is 12.3 Å². The molecule has 0 bridgehead atoms. The Morgan fingerprint density at radius 1 is 1.35 bits per heavy atom. The van der Waals surface area contributed by atoms with Gasteiger partial charge >= 0.3 is 0 Å². The van der Waals surface area contributed by atoms with E-state index < -0.39 is 6.10 Å². The fourth-order valence-electron chi connectivity index (χ4n) is 3.26. The molecule has 0 radical (unpaired) electrons. The van der Waals surface area contributed by atoms with Gasteiger partial charge < -0.3 is 14.9 Å². The quantitative estimate of drug-likeness (QED) is 0.832. The fraction of sp³-hybridized carbons (Fsp3) is 0.556. The lowest BCUT2D eigenvalue weighted by molar-refractivity contribution is -0.131. The summed E-state index contributed by atoms with van der Waals surface area (Å²) in [6.07, 6.45) is 6.71. The average Bonchev–Trinajstić information content (AvgIpc) is 3.12. The summed E-state index contributed by atoms with van der Waals surface area (Å²) in [6.45, 7) is 4.52. The summed E-state index contributed by atoms with van der Waals surface area (Å²) < 4.78 is 1.48. The highest BCUT2D eigenvalue weighted by molar-refractivity contribution is 5.75. The van der Waals surface area contributed by atoms with Gasteiger partial charge in [-0.05, 0) is 37.8 Å². The van der Waals surface area contributed by atoms with Gasteiger partial charge in [-0.2, -0.15) is 0 Å². The van der Waals surface area contributed by atoms with Crippen LogP contribution in [0.4, 0.5) is 5.69 Å². The Morgan fingerprint density at radius 2 is 2.04 bits per heavy atom. The van der Waals surface area contributed by atoms with Crippen LogP contribution in [0.2, 0.25) is 0 Å². The maximum absolute atomic E-state index is 12.4. The minimum Gasteiger partial charge on any atom is -0.387 e. The highest BCUT2D eigenvalue weighted by Gasteiger charge is 2.22. The van der Waals surface area contributed by atoms with Crippen LogP contribution < -0.4 is 4.90 Å². The number of pyridine rings is 1. The number of rotatable bonds is 6. The van der Waals surface area contributed by atoms with Gasteiger partial charge in [-0.1, -0.05) is 5.21 Å². The van der Waals surface area contributed by atoms with E-state index in [0.29, 0.717) is 11.6 Å². The number of hydrogen-bond donors (Lipinski definition) is 1. The van der Waals surface area contributed by atoms with E-state index in [9.17, 15) is 9.90 Å². The Balaban J connectivity index is 1.46. The number of carbonyl (C=O) groups is 1. The molecule has 1 N–H and O–H groups in total. The van der Waals surface area contributed by atoms with E-state index in [-0.39, 0.29) is 12.5 Å². The van der Waals surface area contributed by atoms with Crippen molar-refractivity contribution in [3.8, 4) is 0 Å². The molecule has 0 aromatic carbocycles. The maximum Gasteiger partial charge on any atom is 0.244 e. The van der Waals surface area contributed by atoms with Crippen LogP contribution in [0.3, 0.4) is 0 Å². The van der Waals surface area contributed by atoms with Crippen LogP contribution in [-0.4, -0.2) is 62.6 Å². The number of anilines is 1. The first kappa shape index (κ1) is 18.3. The van der Waals surface area contributed by atoms with Gasteiger partial charge in [0.15, 0.2) is 0 Å². The molecular weight excluding hydrogens is 332 g/mol. The number of aliphatic hydroxyl groups is 1. The van der Waals surface area contributed by atoms with Gasteiger partial charge in [-0.25, -0.2) is 4.68 Å². The third kappa shape index (κ3) is 4.57. The van der Waals surface area contributed by atoms with Crippen molar-refractivity contribution in [1.82, 2.24) is 24.9 Å². The molecule has 0 aliphatic carbocycles. The normalized spacial score (nSPS) is 16.5. The lowest BCUT2D eigenvalue weighted by Crippen LogP contribution is -2.40. The van der Waals surface area contributed by atoms with Gasteiger partial charge in [0.2, 0.25) is 5.91 Å². The summed E-state index contributed by atoms with van der Waals surface area (Å²) in [5.41, 5.74) is 1.69. The lowest BCUT2D eigenvalue weighted by atomic mass is 9.96. The first-order valence-corrected chi connectivity index (χ1v) is 9.00. The minimum atomic E-state index is -0.679. The second-order valence-electron chi connectivity index (χ2n) is 6.93. The van der Waals surface area contributed by atoms with Crippen molar-refractivity contribution in [2.24, 2.45) is 5.92 Å². The molecule has 0 saturated carbocycles. The summed E-state index contributed by atoms with van der Waals surface area (Å²) in [5.74, 6) is 0.509. The Kier molecular flexibility index (Phi) is 5.82. The SMILES string of the molecule is CC(O)c1cn(CC(=O)N(C)CC2CCN(c3ccncc3)CC2)nn1. The molecule has 3 heterocycles. The summed E-state index contributed by atoms with van der Waals surface area (Å²) in [5, 5.41) is 17.2. The summed E-state index contributed by atoms with van der Waals surface area (Å²) in [7, 11) is 1.84. The molecule has 2 aromatic heterocycles. The monoisotopic (exact) mass is 358 g/mol. The zero-order chi connectivity index (χ0) is 18.5. The molecule has 1 saturated heterocycles. The first-order valence-electron chi connectivity index (χ1n) is 9.00. The maximum atomic E-state index is 12.4. The number of aromatic nitrogens is 4. The molecule has 0 spiro atoms. The number of hydrogen-bond acceptors (Lipinski definition) is 6. The molecule has 8 nitrogen and oxygen atoms in total. The van der Waals surface area contributed by atoms with Crippen molar-refractivity contribution in [3.63, 3.8) is 0 Å². The largest absolute Gasteiger partial charge is 0.387 e. The van der Waals surface area contributed by atoms with Crippen LogP contribution in [0, 0.1) is 5.92 Å². The van der Waals surface area contributed by atoms with Crippen LogP contribution in [-0.2, 0) is 11.3 Å². The highest BCUT2D eigenvalue weighted by Crippen LogP contribution is 2.23. The van der Waals surface area contributed by atoms with Gasteiger partial charge in [-0.3, -0.25) is 9.78 Å². The Bertz CT molecular complexity index is 709. The van der Waals surface area contributed by atoms with E-state index in [1.807, 2.05) is 31.6 Å². The Morgan fingerprint density at radius 3 is 2.65 bits per heavy atom. The summed E-state index contributed by atoms with van der Waals surface area (Å²) >= 11 is 0. The van der Waals surface area contributed by atoms with Gasteiger partial charge in [-0.15, -0.1) is 5.10 Å². The van der Waals surface area contributed by atoms with Gasteiger partial charge in [0.1, 0.15) is 12.2 Å². The second-order valence-corrected chi connectivity index (χ2v) is 6.93.